The van der Waals surface area contributed by atoms with Crippen LogP contribution in [0.5, 0.6) is 6.01 Å². The summed E-state index contributed by atoms with van der Waals surface area (Å²) in [4.78, 5) is 17.1. The van der Waals surface area contributed by atoms with Crippen LogP contribution in [0.25, 0.3) is 11.0 Å². The molecule has 0 unspecified atom stereocenters. The number of hydrogen-bond acceptors (Lipinski definition) is 3. The number of alkyl halides is 2. The number of imidazole rings is 1. The van der Waals surface area contributed by atoms with Crippen LogP contribution < -0.4 is 10.5 Å². The lowest BCUT2D eigenvalue weighted by molar-refractivity contribution is -0.0553. The van der Waals surface area contributed by atoms with Gasteiger partial charge in [-0.1, -0.05) is 0 Å². The number of carbonyl (C=O) groups excluding carboxylic acids is 1. The van der Waals surface area contributed by atoms with Crippen LogP contribution in [0.4, 0.5) is 8.78 Å². The van der Waals surface area contributed by atoms with Crippen LogP contribution in [0.3, 0.4) is 0 Å². The summed E-state index contributed by atoms with van der Waals surface area (Å²) in [5, 5.41) is 0. The number of benzene rings is 1. The van der Waals surface area contributed by atoms with Gasteiger partial charge in [0.25, 0.3) is 6.01 Å². The summed E-state index contributed by atoms with van der Waals surface area (Å²) in [7, 11) is 0. The average Bonchev–Trinajstić information content (AvgIpc) is 2.56. The molecule has 0 saturated carbocycles. The Morgan fingerprint density at radius 2 is 2.25 bits per heavy atom. The molecule has 0 fully saturated rings. The summed E-state index contributed by atoms with van der Waals surface area (Å²) in [6, 6.07) is 4.07. The highest BCUT2D eigenvalue weighted by molar-refractivity contribution is 5.96. The zero-order valence-electron chi connectivity index (χ0n) is 7.91. The zero-order valence-corrected chi connectivity index (χ0v) is 7.91. The Morgan fingerprint density at radius 1 is 1.50 bits per heavy atom. The van der Waals surface area contributed by atoms with E-state index in [2.05, 4.69) is 14.7 Å². The van der Waals surface area contributed by atoms with Crippen molar-refractivity contribution in [3.05, 3.63) is 23.8 Å². The topological polar surface area (TPSA) is 81.0 Å². The van der Waals surface area contributed by atoms with Crippen molar-refractivity contribution in [2.24, 2.45) is 5.73 Å². The van der Waals surface area contributed by atoms with Gasteiger partial charge in [-0.25, -0.2) is 0 Å². The predicted octanol–water partition coefficient (Wildman–Crippen LogP) is 1.26. The van der Waals surface area contributed by atoms with Gasteiger partial charge in [-0.05, 0) is 18.2 Å². The molecule has 1 aromatic carbocycles. The monoisotopic (exact) mass is 227 g/mol. The summed E-state index contributed by atoms with van der Waals surface area (Å²) >= 11 is 0. The fourth-order valence-corrected chi connectivity index (χ4v) is 1.28. The lowest BCUT2D eigenvalue weighted by Gasteiger charge is -1.96. The van der Waals surface area contributed by atoms with E-state index in [1.165, 1.54) is 18.2 Å². The number of aromatic nitrogens is 2. The SMILES string of the molecule is NC(=O)c1ccc2nc(OC(F)F)[nH]c2c1. The predicted molar refractivity (Wildman–Crippen MR) is 51.2 cm³/mol. The Bertz CT molecular complexity index is 539. The second-order valence-corrected chi connectivity index (χ2v) is 3.02. The third kappa shape index (κ3) is 1.92. The minimum absolute atomic E-state index is 0.264. The molecule has 1 heterocycles. The van der Waals surface area contributed by atoms with Gasteiger partial charge in [0.1, 0.15) is 0 Å². The van der Waals surface area contributed by atoms with Crippen molar-refractivity contribution >= 4 is 16.9 Å². The molecular weight excluding hydrogens is 220 g/mol. The molecule has 0 radical (unpaired) electrons. The Kier molecular flexibility index (Phi) is 2.43. The smallest absolute Gasteiger partial charge is 0.389 e. The Morgan fingerprint density at radius 3 is 2.88 bits per heavy atom. The van der Waals surface area contributed by atoms with Crippen LogP contribution in [0.15, 0.2) is 18.2 Å². The van der Waals surface area contributed by atoms with Crippen molar-refractivity contribution in [2.45, 2.75) is 6.61 Å². The van der Waals surface area contributed by atoms with E-state index in [1.807, 2.05) is 0 Å². The van der Waals surface area contributed by atoms with Crippen molar-refractivity contribution in [2.75, 3.05) is 0 Å². The molecule has 16 heavy (non-hydrogen) atoms. The third-order valence-electron chi connectivity index (χ3n) is 1.95. The number of carbonyl (C=O) groups is 1. The summed E-state index contributed by atoms with van der Waals surface area (Å²) in [5.74, 6) is -0.604. The van der Waals surface area contributed by atoms with Crippen molar-refractivity contribution in [3.63, 3.8) is 0 Å². The molecule has 7 heteroatoms. The fraction of sp³-hybridized carbons (Fsp3) is 0.111. The van der Waals surface area contributed by atoms with E-state index in [0.29, 0.717) is 11.0 Å². The molecule has 84 valence electrons. The Hall–Kier alpha value is -2.18. The minimum atomic E-state index is -2.95. The molecule has 3 N–H and O–H groups in total. The minimum Gasteiger partial charge on any atom is -0.402 e. The maximum Gasteiger partial charge on any atom is 0.389 e. The number of primary amides is 1. The molecule has 2 rings (SSSR count). The van der Waals surface area contributed by atoms with Gasteiger partial charge in [0.05, 0.1) is 11.0 Å². The first-order valence-corrected chi connectivity index (χ1v) is 4.30. The fourth-order valence-electron chi connectivity index (χ4n) is 1.28. The van der Waals surface area contributed by atoms with Gasteiger partial charge >= 0.3 is 6.61 Å². The van der Waals surface area contributed by atoms with Crippen LogP contribution in [0, 0.1) is 0 Å². The molecule has 0 aliphatic heterocycles. The highest BCUT2D eigenvalue weighted by Crippen LogP contribution is 2.18. The van der Waals surface area contributed by atoms with Crippen molar-refractivity contribution in [1.82, 2.24) is 9.97 Å². The van der Waals surface area contributed by atoms with Gasteiger partial charge in [-0.3, -0.25) is 4.79 Å². The van der Waals surface area contributed by atoms with E-state index in [4.69, 9.17) is 5.73 Å². The molecule has 0 spiro atoms. The standard InChI is InChI=1S/C9H7F2N3O2/c10-8(11)16-9-13-5-2-1-4(7(12)15)3-6(5)14-9/h1-3,8H,(H2,12,15)(H,13,14). The molecule has 0 atom stereocenters. The molecule has 0 bridgehead atoms. The Labute approximate surface area is 88.2 Å². The second kappa shape index (κ2) is 3.76. The van der Waals surface area contributed by atoms with Crippen LogP contribution in [-0.4, -0.2) is 22.5 Å². The maximum atomic E-state index is 11.9. The van der Waals surface area contributed by atoms with E-state index < -0.39 is 12.5 Å². The molecule has 5 nitrogen and oxygen atoms in total. The van der Waals surface area contributed by atoms with Gasteiger partial charge in [-0.15, -0.1) is 0 Å². The average molecular weight is 227 g/mol. The number of ether oxygens (including phenoxy) is 1. The van der Waals surface area contributed by atoms with Crippen LogP contribution >= 0.6 is 0 Å². The molecule has 2 aromatic rings. The molecular formula is C9H7F2N3O2. The quantitative estimate of drug-likeness (QED) is 0.828. The highest BCUT2D eigenvalue weighted by atomic mass is 19.3. The molecule has 1 aromatic heterocycles. The first kappa shape index (κ1) is 10.3. The summed E-state index contributed by atoms with van der Waals surface area (Å²) < 4.78 is 27.9. The number of nitrogens with two attached hydrogens (primary N) is 1. The van der Waals surface area contributed by atoms with E-state index in [0.717, 1.165) is 0 Å². The number of amides is 1. The Balaban J connectivity index is 2.42. The summed E-state index contributed by atoms with van der Waals surface area (Å²) in [5.41, 5.74) is 6.16. The number of rotatable bonds is 3. The summed E-state index contributed by atoms with van der Waals surface area (Å²) in [6.45, 7) is -2.95. The lowest BCUT2D eigenvalue weighted by Crippen LogP contribution is -2.10. The first-order chi connectivity index (χ1) is 7.56. The van der Waals surface area contributed by atoms with E-state index in [1.54, 1.807) is 0 Å². The normalized spacial score (nSPS) is 10.9. The molecule has 0 aliphatic rings. The van der Waals surface area contributed by atoms with Gasteiger partial charge in [0, 0.05) is 5.56 Å². The van der Waals surface area contributed by atoms with Gasteiger partial charge in [-0.2, -0.15) is 13.8 Å². The number of nitrogens with one attached hydrogen (secondary N) is 1. The number of halogens is 2. The van der Waals surface area contributed by atoms with Crippen molar-refractivity contribution < 1.29 is 18.3 Å². The van der Waals surface area contributed by atoms with Gasteiger partial charge in [0.15, 0.2) is 0 Å². The summed E-state index contributed by atoms with van der Waals surface area (Å²) in [6.07, 6.45) is 0. The largest absolute Gasteiger partial charge is 0.402 e. The zero-order chi connectivity index (χ0) is 11.7. The van der Waals surface area contributed by atoms with E-state index in [9.17, 15) is 13.6 Å². The highest BCUT2D eigenvalue weighted by Gasteiger charge is 2.10. The van der Waals surface area contributed by atoms with Gasteiger partial charge in [0.2, 0.25) is 5.91 Å². The lowest BCUT2D eigenvalue weighted by atomic mass is 10.2. The number of aromatic amines is 1. The number of fused-ring (bicyclic) bond motifs is 1. The first-order valence-electron chi connectivity index (χ1n) is 4.30. The number of nitrogens with zero attached hydrogens (tertiary/aromatic N) is 1. The number of hydrogen-bond donors (Lipinski definition) is 2. The second-order valence-electron chi connectivity index (χ2n) is 3.02. The number of H-pyrrole nitrogens is 1. The maximum absolute atomic E-state index is 11.9. The van der Waals surface area contributed by atoms with E-state index >= 15 is 0 Å². The molecule has 0 saturated heterocycles. The van der Waals surface area contributed by atoms with Gasteiger partial charge < -0.3 is 15.5 Å². The van der Waals surface area contributed by atoms with Crippen molar-refractivity contribution in [3.8, 4) is 6.01 Å². The van der Waals surface area contributed by atoms with Crippen LogP contribution in [-0.2, 0) is 0 Å². The van der Waals surface area contributed by atoms with Crippen LogP contribution in [0.1, 0.15) is 10.4 Å². The van der Waals surface area contributed by atoms with Crippen molar-refractivity contribution in [1.29, 1.82) is 0 Å². The van der Waals surface area contributed by atoms with Crippen LogP contribution in [0.2, 0.25) is 0 Å². The molecule has 0 aliphatic carbocycles. The van der Waals surface area contributed by atoms with E-state index in [-0.39, 0.29) is 11.6 Å². The third-order valence-corrected chi connectivity index (χ3v) is 1.95. The molecule has 1 amide bonds.